The molecule has 3 N–H and O–H groups in total. The first-order valence-electron chi connectivity index (χ1n) is 5.99. The Balaban J connectivity index is 2.27. The third kappa shape index (κ3) is 2.44. The highest BCUT2D eigenvalue weighted by atomic mass is 32.2. The molecule has 0 spiro atoms. The van der Waals surface area contributed by atoms with Crippen LogP contribution in [-0.2, 0) is 19.1 Å². The van der Waals surface area contributed by atoms with Crippen molar-refractivity contribution in [2.75, 3.05) is 12.4 Å². The van der Waals surface area contributed by atoms with Crippen LogP contribution in [0.3, 0.4) is 0 Å². The molecule has 0 aliphatic carbocycles. The van der Waals surface area contributed by atoms with Crippen LogP contribution in [0.1, 0.15) is 6.92 Å². The second kappa shape index (κ2) is 5.68. The average Bonchev–Trinajstić information content (AvgIpc) is 2.43. The fourth-order valence-corrected chi connectivity index (χ4v) is 3.29. The molecule has 0 aromatic rings. The minimum absolute atomic E-state index is 0.110. The minimum atomic E-state index is -1.21. The Hall–Kier alpha value is -1.80. The van der Waals surface area contributed by atoms with Crippen molar-refractivity contribution in [2.45, 2.75) is 18.3 Å². The number of carbonyl (C=O) groups is 3. The van der Waals surface area contributed by atoms with E-state index in [1.807, 2.05) is 0 Å². The van der Waals surface area contributed by atoms with E-state index < -0.39 is 23.9 Å². The molecule has 1 saturated heterocycles. The third-order valence-corrected chi connectivity index (χ3v) is 4.27. The number of carboxylic acid groups (broad SMARTS) is 1. The Bertz CT molecular complexity index is 528. The van der Waals surface area contributed by atoms with E-state index >= 15 is 0 Å². The highest BCUT2D eigenvalue weighted by Gasteiger charge is 2.51. The number of rotatable bonds is 4. The number of aliphatic carboxylic acids is 1. The summed E-state index contributed by atoms with van der Waals surface area (Å²) < 4.78 is 4.73. The SMILES string of the molecule is CCOC(=O)/C=C/C1=C(C(=O)O)N2C(=O)C(N)[C@H]2SC1. The van der Waals surface area contributed by atoms with Crippen LogP contribution in [0.5, 0.6) is 0 Å². The van der Waals surface area contributed by atoms with Crippen LogP contribution >= 0.6 is 11.8 Å². The van der Waals surface area contributed by atoms with Gasteiger partial charge in [0.2, 0.25) is 5.91 Å². The Labute approximate surface area is 119 Å². The van der Waals surface area contributed by atoms with Gasteiger partial charge in [0.05, 0.1) is 6.61 Å². The van der Waals surface area contributed by atoms with E-state index in [-0.39, 0.29) is 17.7 Å². The van der Waals surface area contributed by atoms with E-state index in [1.54, 1.807) is 6.92 Å². The van der Waals surface area contributed by atoms with Crippen molar-refractivity contribution in [1.29, 1.82) is 0 Å². The summed E-state index contributed by atoms with van der Waals surface area (Å²) in [5, 5.41) is 8.91. The van der Waals surface area contributed by atoms with E-state index in [9.17, 15) is 19.5 Å². The molecule has 2 aliphatic rings. The molecule has 2 atom stereocenters. The molecule has 2 aliphatic heterocycles. The van der Waals surface area contributed by atoms with Gasteiger partial charge in [-0.2, -0.15) is 0 Å². The summed E-state index contributed by atoms with van der Waals surface area (Å²) in [4.78, 5) is 35.4. The van der Waals surface area contributed by atoms with E-state index in [1.165, 1.54) is 22.7 Å². The summed E-state index contributed by atoms with van der Waals surface area (Å²) in [5.74, 6) is -1.80. The largest absolute Gasteiger partial charge is 0.477 e. The van der Waals surface area contributed by atoms with Crippen LogP contribution in [0, 0.1) is 0 Å². The molecule has 0 saturated carbocycles. The Kier molecular flexibility index (Phi) is 4.15. The van der Waals surface area contributed by atoms with Crippen LogP contribution in [-0.4, -0.2) is 51.6 Å². The van der Waals surface area contributed by atoms with Crippen LogP contribution in [0.15, 0.2) is 23.4 Å². The maximum Gasteiger partial charge on any atom is 0.352 e. The van der Waals surface area contributed by atoms with Crippen LogP contribution in [0.4, 0.5) is 0 Å². The van der Waals surface area contributed by atoms with Crippen molar-refractivity contribution in [1.82, 2.24) is 4.90 Å². The number of amides is 1. The number of carboxylic acids is 1. The fourth-order valence-electron chi connectivity index (χ4n) is 2.03. The standard InChI is InChI=1S/C12H14N2O5S/c1-2-19-7(15)4-3-6-5-20-11-8(13)10(16)14(11)9(6)12(17)18/h3-4,8,11H,2,5,13H2,1H3,(H,17,18)/b4-3+/t8?,11-/m1/s1. The molecule has 108 valence electrons. The number of nitrogens with zero attached hydrogens (tertiary/aromatic N) is 1. The van der Waals surface area contributed by atoms with Gasteiger partial charge in [-0.1, -0.05) is 0 Å². The summed E-state index contributed by atoms with van der Waals surface area (Å²) in [6, 6.07) is -0.662. The van der Waals surface area contributed by atoms with Crippen LogP contribution < -0.4 is 5.73 Å². The summed E-state index contributed by atoms with van der Waals surface area (Å²) in [5.41, 5.74) is 5.91. The molecule has 8 heteroatoms. The van der Waals surface area contributed by atoms with Gasteiger partial charge in [-0.25, -0.2) is 9.59 Å². The highest BCUT2D eigenvalue weighted by Crippen LogP contribution is 2.39. The van der Waals surface area contributed by atoms with Gasteiger partial charge in [0.1, 0.15) is 17.1 Å². The van der Waals surface area contributed by atoms with Crippen LogP contribution in [0.25, 0.3) is 0 Å². The van der Waals surface area contributed by atoms with Gasteiger partial charge >= 0.3 is 11.9 Å². The number of thioether (sulfide) groups is 1. The Morgan fingerprint density at radius 1 is 1.60 bits per heavy atom. The number of carbonyl (C=O) groups excluding carboxylic acids is 2. The first-order valence-corrected chi connectivity index (χ1v) is 7.03. The van der Waals surface area contributed by atoms with Gasteiger partial charge in [-0.15, -0.1) is 11.8 Å². The van der Waals surface area contributed by atoms with E-state index in [0.29, 0.717) is 11.3 Å². The van der Waals surface area contributed by atoms with E-state index in [4.69, 9.17) is 10.5 Å². The fraction of sp³-hybridized carbons (Fsp3) is 0.417. The number of ether oxygens (including phenoxy) is 1. The smallest absolute Gasteiger partial charge is 0.352 e. The zero-order valence-corrected chi connectivity index (χ0v) is 11.6. The number of esters is 1. The molecule has 0 bridgehead atoms. The first kappa shape index (κ1) is 14.6. The lowest BCUT2D eigenvalue weighted by Gasteiger charge is -2.47. The van der Waals surface area contributed by atoms with Gasteiger partial charge in [0.15, 0.2) is 0 Å². The van der Waals surface area contributed by atoms with Crippen molar-refractivity contribution in [3.05, 3.63) is 23.4 Å². The monoisotopic (exact) mass is 298 g/mol. The number of allylic oxidation sites excluding steroid dienone is 1. The third-order valence-electron chi connectivity index (χ3n) is 2.95. The summed E-state index contributed by atoms with van der Waals surface area (Å²) in [7, 11) is 0. The van der Waals surface area contributed by atoms with Gasteiger partial charge < -0.3 is 15.6 Å². The van der Waals surface area contributed by atoms with E-state index in [0.717, 1.165) is 6.08 Å². The maximum absolute atomic E-state index is 11.7. The van der Waals surface area contributed by atoms with Gasteiger partial charge in [0.25, 0.3) is 0 Å². The normalized spacial score (nSPS) is 25.5. The Morgan fingerprint density at radius 2 is 2.30 bits per heavy atom. The Morgan fingerprint density at radius 3 is 2.90 bits per heavy atom. The molecule has 0 aromatic heterocycles. The lowest BCUT2D eigenvalue weighted by Crippen LogP contribution is -2.68. The molecule has 0 radical (unpaired) electrons. The quantitative estimate of drug-likeness (QED) is 0.416. The lowest BCUT2D eigenvalue weighted by atomic mass is 10.0. The highest BCUT2D eigenvalue weighted by molar-refractivity contribution is 8.00. The molecular formula is C12H14N2O5S. The second-order valence-corrected chi connectivity index (χ2v) is 5.30. The average molecular weight is 298 g/mol. The molecule has 2 heterocycles. The van der Waals surface area contributed by atoms with Crippen molar-refractivity contribution < 1.29 is 24.2 Å². The predicted octanol–water partition coefficient (Wildman–Crippen LogP) is -0.313. The summed E-state index contributed by atoms with van der Waals surface area (Å²) in [6.45, 7) is 1.92. The van der Waals surface area contributed by atoms with Gasteiger partial charge in [-0.05, 0) is 18.6 Å². The van der Waals surface area contributed by atoms with Crippen molar-refractivity contribution in [3.8, 4) is 0 Å². The maximum atomic E-state index is 11.7. The summed E-state index contributed by atoms with van der Waals surface area (Å²) in [6.07, 6.45) is 2.54. The molecule has 1 amide bonds. The molecule has 20 heavy (non-hydrogen) atoms. The van der Waals surface area contributed by atoms with Gasteiger partial charge in [0, 0.05) is 11.8 Å². The van der Waals surface area contributed by atoms with E-state index in [2.05, 4.69) is 0 Å². The first-order chi connectivity index (χ1) is 9.47. The number of fused-ring (bicyclic) bond motifs is 1. The van der Waals surface area contributed by atoms with Crippen molar-refractivity contribution in [2.24, 2.45) is 5.73 Å². The van der Waals surface area contributed by atoms with Gasteiger partial charge in [-0.3, -0.25) is 9.69 Å². The number of nitrogens with two attached hydrogens (primary N) is 1. The molecule has 1 fully saturated rings. The zero-order chi connectivity index (χ0) is 14.9. The van der Waals surface area contributed by atoms with Crippen molar-refractivity contribution >= 4 is 29.6 Å². The second-order valence-electron chi connectivity index (χ2n) is 4.20. The summed E-state index contributed by atoms with van der Waals surface area (Å²) >= 11 is 1.37. The van der Waals surface area contributed by atoms with Crippen LogP contribution in [0.2, 0.25) is 0 Å². The van der Waals surface area contributed by atoms with Crippen molar-refractivity contribution in [3.63, 3.8) is 0 Å². The molecule has 2 rings (SSSR count). The molecule has 1 unspecified atom stereocenters. The topological polar surface area (TPSA) is 110 Å². The number of hydrogen-bond donors (Lipinski definition) is 2. The molecular weight excluding hydrogens is 284 g/mol. The predicted molar refractivity (Wildman–Crippen MR) is 71.5 cm³/mol. The lowest BCUT2D eigenvalue weighted by molar-refractivity contribution is -0.147. The molecule has 7 nitrogen and oxygen atoms in total. The zero-order valence-electron chi connectivity index (χ0n) is 10.7. The number of β-lactam (4-membered cyclic amide) rings is 1. The molecule has 0 aromatic carbocycles. The number of hydrogen-bond acceptors (Lipinski definition) is 6. The minimum Gasteiger partial charge on any atom is -0.477 e.